The van der Waals surface area contributed by atoms with Gasteiger partial charge in [-0.1, -0.05) is 12.1 Å². The molecule has 1 aliphatic heterocycles. The van der Waals surface area contributed by atoms with Gasteiger partial charge in [0.15, 0.2) is 0 Å². The number of nitrogens with zero attached hydrogens (tertiary/aromatic N) is 2. The van der Waals surface area contributed by atoms with Gasteiger partial charge in [-0.2, -0.15) is 0 Å². The summed E-state index contributed by atoms with van der Waals surface area (Å²) >= 11 is 1.53. The molecule has 146 valence electrons. The van der Waals surface area contributed by atoms with Crippen LogP contribution in [0.1, 0.15) is 30.3 Å². The third kappa shape index (κ3) is 4.26. The highest BCUT2D eigenvalue weighted by atomic mass is 35.5. The summed E-state index contributed by atoms with van der Waals surface area (Å²) in [6.07, 6.45) is 3.98. The van der Waals surface area contributed by atoms with Gasteiger partial charge in [0.05, 0.1) is 5.69 Å². The second-order valence-corrected chi connectivity index (χ2v) is 7.46. The molecule has 0 aliphatic carbocycles. The lowest BCUT2D eigenvalue weighted by Gasteiger charge is -2.13. The first kappa shape index (κ1) is 20.1. The van der Waals surface area contributed by atoms with E-state index in [0.29, 0.717) is 5.69 Å². The third-order valence-corrected chi connectivity index (χ3v) is 5.43. The SMILES string of the molecule is CC(=O)Nc1cccc(-c2nc(-c3c[nH]c(C(=O)N4CCCC4)c3)cs2)c1.Cl. The third-order valence-electron chi connectivity index (χ3n) is 4.54. The van der Waals surface area contributed by atoms with Gasteiger partial charge in [-0.05, 0) is 31.0 Å². The maximum absolute atomic E-state index is 12.5. The Labute approximate surface area is 173 Å². The first-order valence-corrected chi connectivity index (χ1v) is 9.80. The lowest BCUT2D eigenvalue weighted by Crippen LogP contribution is -2.27. The Balaban J connectivity index is 0.00000225. The molecule has 6 nitrogen and oxygen atoms in total. The van der Waals surface area contributed by atoms with Gasteiger partial charge >= 0.3 is 0 Å². The summed E-state index contributed by atoms with van der Waals surface area (Å²) in [6.45, 7) is 3.15. The summed E-state index contributed by atoms with van der Waals surface area (Å²) in [6, 6.07) is 9.48. The Morgan fingerprint density at radius 3 is 2.71 bits per heavy atom. The van der Waals surface area contributed by atoms with Crippen molar-refractivity contribution >= 4 is 41.2 Å². The molecule has 4 rings (SSSR count). The van der Waals surface area contributed by atoms with Crippen LogP contribution in [0.3, 0.4) is 0 Å². The first-order chi connectivity index (χ1) is 13.1. The van der Waals surface area contributed by atoms with E-state index in [1.54, 1.807) is 0 Å². The van der Waals surface area contributed by atoms with Gasteiger partial charge in [-0.3, -0.25) is 9.59 Å². The zero-order valence-electron chi connectivity index (χ0n) is 15.4. The van der Waals surface area contributed by atoms with Crippen molar-refractivity contribution in [3.05, 3.63) is 47.6 Å². The van der Waals surface area contributed by atoms with E-state index in [9.17, 15) is 9.59 Å². The van der Waals surface area contributed by atoms with E-state index in [2.05, 4.69) is 10.3 Å². The highest BCUT2D eigenvalue weighted by Gasteiger charge is 2.21. The maximum atomic E-state index is 12.5. The number of anilines is 1. The topological polar surface area (TPSA) is 78.1 Å². The van der Waals surface area contributed by atoms with Crippen molar-refractivity contribution in [2.45, 2.75) is 19.8 Å². The Hall–Kier alpha value is -2.64. The van der Waals surface area contributed by atoms with E-state index in [-0.39, 0.29) is 24.2 Å². The molecule has 1 saturated heterocycles. The van der Waals surface area contributed by atoms with Gasteiger partial charge in [0.25, 0.3) is 5.91 Å². The number of nitrogens with one attached hydrogen (secondary N) is 2. The van der Waals surface area contributed by atoms with Crippen LogP contribution in [0.2, 0.25) is 0 Å². The average Bonchev–Trinajstić information content (AvgIpc) is 3.41. The first-order valence-electron chi connectivity index (χ1n) is 8.92. The highest BCUT2D eigenvalue weighted by molar-refractivity contribution is 7.13. The van der Waals surface area contributed by atoms with Crippen LogP contribution in [0.5, 0.6) is 0 Å². The predicted molar refractivity (Wildman–Crippen MR) is 114 cm³/mol. The number of likely N-dealkylation sites (tertiary alicyclic amines) is 1. The predicted octanol–water partition coefficient (Wildman–Crippen LogP) is 4.42. The Bertz CT molecular complexity index is 992. The zero-order chi connectivity index (χ0) is 18.8. The molecule has 0 atom stereocenters. The lowest BCUT2D eigenvalue weighted by atomic mass is 10.2. The van der Waals surface area contributed by atoms with Gasteiger partial charge in [-0.15, -0.1) is 23.7 Å². The average molecular weight is 417 g/mol. The van der Waals surface area contributed by atoms with Crippen LogP contribution in [-0.2, 0) is 4.79 Å². The fourth-order valence-electron chi connectivity index (χ4n) is 3.23. The number of thiazole rings is 1. The summed E-state index contributed by atoms with van der Waals surface area (Å²) in [7, 11) is 0. The number of aromatic amines is 1. The Morgan fingerprint density at radius 2 is 1.96 bits per heavy atom. The van der Waals surface area contributed by atoms with E-state index in [0.717, 1.165) is 53.4 Å². The summed E-state index contributed by atoms with van der Waals surface area (Å²) in [5, 5.41) is 5.63. The summed E-state index contributed by atoms with van der Waals surface area (Å²) in [5.41, 5.74) is 4.03. The monoisotopic (exact) mass is 416 g/mol. The molecule has 28 heavy (non-hydrogen) atoms. The van der Waals surface area contributed by atoms with E-state index in [1.165, 1.54) is 18.3 Å². The van der Waals surface area contributed by atoms with Crippen molar-refractivity contribution in [2.75, 3.05) is 18.4 Å². The number of carbonyl (C=O) groups is 2. The van der Waals surface area contributed by atoms with Gasteiger partial charge in [0.1, 0.15) is 10.7 Å². The van der Waals surface area contributed by atoms with Crippen molar-refractivity contribution in [1.29, 1.82) is 0 Å². The molecule has 8 heteroatoms. The molecule has 0 saturated carbocycles. The van der Waals surface area contributed by atoms with Crippen LogP contribution < -0.4 is 5.32 Å². The fourth-order valence-corrected chi connectivity index (χ4v) is 4.05. The van der Waals surface area contributed by atoms with Crippen molar-refractivity contribution in [3.8, 4) is 21.8 Å². The second-order valence-electron chi connectivity index (χ2n) is 6.60. The number of hydrogen-bond donors (Lipinski definition) is 2. The zero-order valence-corrected chi connectivity index (χ0v) is 17.0. The lowest BCUT2D eigenvalue weighted by molar-refractivity contribution is -0.114. The van der Waals surface area contributed by atoms with Crippen LogP contribution in [0.25, 0.3) is 21.8 Å². The molecule has 0 radical (unpaired) electrons. The smallest absolute Gasteiger partial charge is 0.270 e. The summed E-state index contributed by atoms with van der Waals surface area (Å²) in [4.78, 5) is 33.4. The van der Waals surface area contributed by atoms with Crippen LogP contribution >= 0.6 is 23.7 Å². The highest BCUT2D eigenvalue weighted by Crippen LogP contribution is 2.30. The molecule has 1 fully saturated rings. The number of halogens is 1. The Kier molecular flexibility index (Phi) is 6.16. The van der Waals surface area contributed by atoms with E-state index in [1.807, 2.05) is 46.8 Å². The quantitative estimate of drug-likeness (QED) is 0.660. The molecule has 2 N–H and O–H groups in total. The summed E-state index contributed by atoms with van der Waals surface area (Å²) in [5.74, 6) is -0.0493. The summed E-state index contributed by atoms with van der Waals surface area (Å²) < 4.78 is 0. The van der Waals surface area contributed by atoms with E-state index < -0.39 is 0 Å². The number of hydrogen-bond acceptors (Lipinski definition) is 4. The van der Waals surface area contributed by atoms with Gasteiger partial charge in [-0.25, -0.2) is 4.98 Å². The van der Waals surface area contributed by atoms with Gasteiger partial charge in [0, 0.05) is 48.4 Å². The molecule has 1 aromatic carbocycles. The number of amides is 2. The van der Waals surface area contributed by atoms with Gasteiger partial charge < -0.3 is 15.2 Å². The van der Waals surface area contributed by atoms with Crippen molar-refractivity contribution in [1.82, 2.24) is 14.9 Å². The largest absolute Gasteiger partial charge is 0.357 e. The van der Waals surface area contributed by atoms with E-state index in [4.69, 9.17) is 4.98 Å². The standard InChI is InChI=1S/C20H20N4O2S.ClH/c1-13(25)22-16-6-4-5-14(9-16)19-23-18(12-27-19)15-10-17(21-11-15)20(26)24-7-2-3-8-24;/h4-6,9-12,21H,2-3,7-8H2,1H3,(H,22,25);1H. The van der Waals surface area contributed by atoms with Crippen molar-refractivity contribution in [2.24, 2.45) is 0 Å². The van der Waals surface area contributed by atoms with Crippen molar-refractivity contribution in [3.63, 3.8) is 0 Å². The second kappa shape index (κ2) is 8.58. The molecule has 2 aromatic heterocycles. The molecule has 2 amide bonds. The minimum atomic E-state index is -0.102. The Morgan fingerprint density at radius 1 is 1.18 bits per heavy atom. The van der Waals surface area contributed by atoms with Crippen LogP contribution in [0.15, 0.2) is 41.9 Å². The van der Waals surface area contributed by atoms with Crippen LogP contribution in [0.4, 0.5) is 5.69 Å². The molecule has 0 spiro atoms. The number of carbonyl (C=O) groups excluding carboxylic acids is 2. The molecular formula is C20H21ClN4O2S. The van der Waals surface area contributed by atoms with Crippen molar-refractivity contribution < 1.29 is 9.59 Å². The molecule has 3 aromatic rings. The molecular weight excluding hydrogens is 396 g/mol. The van der Waals surface area contributed by atoms with Crippen LogP contribution in [0, 0.1) is 0 Å². The number of aromatic nitrogens is 2. The van der Waals surface area contributed by atoms with Gasteiger partial charge in [0.2, 0.25) is 5.91 Å². The minimum Gasteiger partial charge on any atom is -0.357 e. The molecule has 0 bridgehead atoms. The molecule has 0 unspecified atom stereocenters. The van der Waals surface area contributed by atoms with Crippen LogP contribution in [-0.4, -0.2) is 39.8 Å². The number of benzene rings is 1. The van der Waals surface area contributed by atoms with E-state index >= 15 is 0 Å². The maximum Gasteiger partial charge on any atom is 0.270 e. The number of rotatable bonds is 4. The minimum absolute atomic E-state index is 0. The number of H-pyrrole nitrogens is 1. The molecule has 3 heterocycles. The fraction of sp³-hybridized carbons (Fsp3) is 0.250. The normalized spacial score (nSPS) is 13.2. The molecule has 1 aliphatic rings.